The molecule has 34 heavy (non-hydrogen) atoms. The number of para-hydroxylation sites is 1. The number of nitrogens with zero attached hydrogens (tertiary/aromatic N) is 3. The lowest BCUT2D eigenvalue weighted by atomic mass is 9.90. The fraction of sp³-hybridized carbons (Fsp3) is 0. The third-order valence-corrected chi connectivity index (χ3v) is 6.70. The molecule has 0 amide bonds. The Morgan fingerprint density at radius 1 is 0.559 bits per heavy atom. The Kier molecular flexibility index (Phi) is 3.91. The maximum absolute atomic E-state index is 7.64. The van der Waals surface area contributed by atoms with Crippen molar-refractivity contribution >= 4 is 59.8 Å². The van der Waals surface area contributed by atoms with Gasteiger partial charge in [-0.25, -0.2) is 9.83 Å². The summed E-state index contributed by atoms with van der Waals surface area (Å²) in [6.45, 7) is 7.64. The normalized spacial score (nSPS) is 11.5. The molecule has 0 atom stereocenters. The van der Waals surface area contributed by atoms with E-state index in [9.17, 15) is 0 Å². The molecule has 2 aromatic heterocycles. The molecule has 0 radical (unpaired) electrons. The van der Waals surface area contributed by atoms with Gasteiger partial charge in [0.2, 0.25) is 0 Å². The molecule has 0 aliphatic heterocycles. The molecule has 0 saturated carbocycles. The monoisotopic (exact) mass is 431 g/mol. The first-order valence-corrected chi connectivity index (χ1v) is 11.2. The summed E-state index contributed by atoms with van der Waals surface area (Å²) >= 11 is 0. The molecule has 156 valence electrons. The van der Waals surface area contributed by atoms with E-state index in [0.29, 0.717) is 5.69 Å². The summed E-state index contributed by atoms with van der Waals surface area (Å²) in [4.78, 5) is 13.8. The Labute approximate surface area is 195 Å². The summed E-state index contributed by atoms with van der Waals surface area (Å²) < 4.78 is 0. The van der Waals surface area contributed by atoms with Gasteiger partial charge in [0.25, 0.3) is 0 Å². The van der Waals surface area contributed by atoms with Crippen molar-refractivity contribution in [2.45, 2.75) is 0 Å². The van der Waals surface area contributed by atoms with E-state index < -0.39 is 0 Å². The van der Waals surface area contributed by atoms with E-state index in [1.807, 2.05) is 48.7 Å². The summed E-state index contributed by atoms with van der Waals surface area (Å²) in [7, 11) is 0. The molecule has 2 heterocycles. The van der Waals surface area contributed by atoms with E-state index in [1.165, 1.54) is 10.8 Å². The largest absolute Gasteiger partial charge is 0.256 e. The van der Waals surface area contributed by atoms with Crippen LogP contribution >= 0.6 is 0 Å². The fourth-order valence-electron chi connectivity index (χ4n) is 5.27. The maximum atomic E-state index is 7.64. The first-order chi connectivity index (χ1) is 16.8. The van der Waals surface area contributed by atoms with Crippen molar-refractivity contribution < 1.29 is 0 Å². The lowest BCUT2D eigenvalue weighted by Gasteiger charge is -2.17. The molecular formula is C31H17N3. The first kappa shape index (κ1) is 18.7. The highest BCUT2D eigenvalue weighted by Gasteiger charge is 2.19. The first-order valence-electron chi connectivity index (χ1n) is 11.2. The third-order valence-electron chi connectivity index (χ3n) is 6.70. The van der Waals surface area contributed by atoms with Crippen LogP contribution in [0.4, 0.5) is 5.69 Å². The lowest BCUT2D eigenvalue weighted by Crippen LogP contribution is -1.94. The van der Waals surface area contributed by atoms with Crippen molar-refractivity contribution in [3.05, 3.63) is 115 Å². The minimum Gasteiger partial charge on any atom is -0.256 e. The van der Waals surface area contributed by atoms with Crippen molar-refractivity contribution in [1.29, 1.82) is 0 Å². The molecule has 0 aliphatic carbocycles. The van der Waals surface area contributed by atoms with Gasteiger partial charge >= 0.3 is 0 Å². The minimum atomic E-state index is 0.654. The number of pyridine rings is 2. The molecule has 0 aliphatic rings. The zero-order chi connectivity index (χ0) is 22.6. The molecule has 3 heteroatoms. The Balaban J connectivity index is 1.81. The topological polar surface area (TPSA) is 30.1 Å². The van der Waals surface area contributed by atoms with Crippen LogP contribution in [0.3, 0.4) is 0 Å². The second kappa shape index (κ2) is 7.10. The highest BCUT2D eigenvalue weighted by Crippen LogP contribution is 2.44. The van der Waals surface area contributed by atoms with Crippen LogP contribution in [0.1, 0.15) is 0 Å². The molecule has 5 aromatic carbocycles. The molecule has 7 rings (SSSR count). The van der Waals surface area contributed by atoms with E-state index in [4.69, 9.17) is 16.5 Å². The van der Waals surface area contributed by atoms with Gasteiger partial charge in [-0.05, 0) is 28.3 Å². The highest BCUT2D eigenvalue weighted by atomic mass is 14.7. The van der Waals surface area contributed by atoms with E-state index in [2.05, 4.69) is 59.4 Å². The van der Waals surface area contributed by atoms with Crippen molar-refractivity contribution in [2.24, 2.45) is 0 Å². The smallest absolute Gasteiger partial charge is 0.194 e. The number of benzene rings is 5. The average molecular weight is 431 g/mol. The Bertz CT molecular complexity index is 1980. The second-order valence-electron chi connectivity index (χ2n) is 8.46. The van der Waals surface area contributed by atoms with Gasteiger partial charge < -0.3 is 0 Å². The van der Waals surface area contributed by atoms with Crippen molar-refractivity contribution in [3.8, 4) is 11.3 Å². The average Bonchev–Trinajstić information content (AvgIpc) is 2.92. The van der Waals surface area contributed by atoms with Crippen LogP contribution in [0.15, 0.2) is 103 Å². The predicted molar refractivity (Wildman–Crippen MR) is 141 cm³/mol. The molecule has 0 spiro atoms. The molecule has 3 nitrogen and oxygen atoms in total. The van der Waals surface area contributed by atoms with Crippen LogP contribution in [0.5, 0.6) is 0 Å². The number of fused-ring (bicyclic) bond motifs is 9. The lowest BCUT2D eigenvalue weighted by molar-refractivity contribution is 1.42. The van der Waals surface area contributed by atoms with Crippen LogP contribution in [-0.2, 0) is 0 Å². The second-order valence-corrected chi connectivity index (χ2v) is 8.46. The molecular weight excluding hydrogens is 414 g/mol. The summed E-state index contributed by atoms with van der Waals surface area (Å²) in [6, 6.07) is 33.1. The van der Waals surface area contributed by atoms with E-state index in [-0.39, 0.29) is 0 Å². The van der Waals surface area contributed by atoms with Gasteiger partial charge in [0.05, 0.1) is 23.3 Å². The Hall–Kier alpha value is -4.81. The minimum absolute atomic E-state index is 0.654. The van der Waals surface area contributed by atoms with Gasteiger partial charge in [-0.3, -0.25) is 4.98 Å². The van der Waals surface area contributed by atoms with Crippen molar-refractivity contribution in [1.82, 2.24) is 9.97 Å². The number of aromatic nitrogens is 2. The molecule has 0 bridgehead atoms. The number of hydrogen-bond donors (Lipinski definition) is 0. The zero-order valence-corrected chi connectivity index (χ0v) is 18.2. The molecule has 7 aromatic rings. The van der Waals surface area contributed by atoms with Gasteiger partial charge in [0.1, 0.15) is 0 Å². The predicted octanol–water partition coefficient (Wildman–Crippen LogP) is 8.46. The molecule has 0 saturated heterocycles. The van der Waals surface area contributed by atoms with Gasteiger partial charge in [0.15, 0.2) is 5.69 Å². The number of rotatable bonds is 1. The highest BCUT2D eigenvalue weighted by molar-refractivity contribution is 6.33. The summed E-state index contributed by atoms with van der Waals surface area (Å²) in [5.74, 6) is 0. The van der Waals surface area contributed by atoms with Crippen molar-refractivity contribution in [2.75, 3.05) is 0 Å². The van der Waals surface area contributed by atoms with Gasteiger partial charge in [0, 0.05) is 38.7 Å². The quantitative estimate of drug-likeness (QED) is 0.193. The fourth-order valence-corrected chi connectivity index (χ4v) is 5.27. The van der Waals surface area contributed by atoms with E-state index in [1.54, 1.807) is 0 Å². The SMILES string of the molecule is [C-]#[N+]c1ccc(-c2nc3ccccc3c3c4ccccc4c4ncccc4c23)c2ccccc12. The standard InChI is InChI=1S/C31H17N3/c1-32-26-17-16-23(19-9-2-3-10-20(19)26)31-29-25-14-8-18-33-30(25)22-12-5-4-11-21(22)28(29)24-13-6-7-15-27(24)34-31/h2-18H. The maximum Gasteiger partial charge on any atom is 0.194 e. The van der Waals surface area contributed by atoms with Crippen LogP contribution in [0, 0.1) is 6.57 Å². The van der Waals surface area contributed by atoms with E-state index in [0.717, 1.165) is 54.6 Å². The van der Waals surface area contributed by atoms with Crippen LogP contribution in [-0.4, -0.2) is 9.97 Å². The van der Waals surface area contributed by atoms with Crippen LogP contribution in [0.2, 0.25) is 0 Å². The van der Waals surface area contributed by atoms with Crippen LogP contribution in [0.25, 0.3) is 70.2 Å². The number of hydrogen-bond acceptors (Lipinski definition) is 2. The summed E-state index contributed by atoms with van der Waals surface area (Å²) in [5.41, 5.74) is 4.54. The summed E-state index contributed by atoms with van der Waals surface area (Å²) in [5, 5.41) is 8.79. The molecule has 0 N–H and O–H groups in total. The Morgan fingerprint density at radius 2 is 1.24 bits per heavy atom. The van der Waals surface area contributed by atoms with Gasteiger partial charge in [-0.15, -0.1) is 0 Å². The van der Waals surface area contributed by atoms with Crippen LogP contribution < -0.4 is 0 Å². The van der Waals surface area contributed by atoms with Gasteiger partial charge in [-0.1, -0.05) is 84.9 Å². The zero-order valence-electron chi connectivity index (χ0n) is 18.2. The van der Waals surface area contributed by atoms with E-state index >= 15 is 0 Å². The third kappa shape index (κ3) is 2.51. The van der Waals surface area contributed by atoms with Crippen molar-refractivity contribution in [3.63, 3.8) is 0 Å². The molecule has 0 unspecified atom stereocenters. The Morgan fingerprint density at radius 3 is 2.06 bits per heavy atom. The summed E-state index contributed by atoms with van der Waals surface area (Å²) in [6.07, 6.45) is 1.86. The molecule has 0 fully saturated rings. The van der Waals surface area contributed by atoms with Gasteiger partial charge in [-0.2, -0.15) is 0 Å².